The van der Waals surface area contributed by atoms with E-state index in [1.165, 1.54) is 5.56 Å². The smallest absolute Gasteiger partial charge is 0.119 e. The normalized spacial score (nSPS) is 10.3. The Morgan fingerprint density at radius 1 is 1.50 bits per heavy atom. The summed E-state index contributed by atoms with van der Waals surface area (Å²) in [6, 6.07) is 8.12. The fourth-order valence-corrected chi connectivity index (χ4v) is 1.07. The van der Waals surface area contributed by atoms with Crippen LogP contribution in [0, 0.1) is 6.92 Å². The fraction of sp³-hybridized carbons (Fsp3) is 0.364. The molecular formula is C11H15O. The zero-order valence-electron chi connectivity index (χ0n) is 7.71. The van der Waals surface area contributed by atoms with Gasteiger partial charge in [0.25, 0.3) is 0 Å². The minimum Gasteiger partial charge on any atom is -0.491 e. The topological polar surface area (TPSA) is 9.23 Å². The van der Waals surface area contributed by atoms with E-state index in [1.807, 2.05) is 19.1 Å². The van der Waals surface area contributed by atoms with Gasteiger partial charge in [0.1, 0.15) is 5.75 Å². The second-order valence-electron chi connectivity index (χ2n) is 2.93. The summed E-state index contributed by atoms with van der Waals surface area (Å²) < 4.78 is 5.45. The molecule has 1 unspecified atom stereocenters. The summed E-state index contributed by atoms with van der Waals surface area (Å²) in [4.78, 5) is 0. The molecule has 1 atom stereocenters. The lowest BCUT2D eigenvalue weighted by Crippen LogP contribution is -2.05. The third-order valence-corrected chi connectivity index (χ3v) is 1.64. The molecule has 1 aromatic carbocycles. The lowest BCUT2D eigenvalue weighted by Gasteiger charge is -2.09. The Balaban J connectivity index is 2.72. The SMILES string of the molecule is [CH2]C(C)Oc1cccc(CC)c1. The van der Waals surface area contributed by atoms with E-state index < -0.39 is 0 Å². The summed E-state index contributed by atoms with van der Waals surface area (Å²) in [6.45, 7) is 7.83. The zero-order chi connectivity index (χ0) is 8.97. The van der Waals surface area contributed by atoms with Crippen molar-refractivity contribution in [2.75, 3.05) is 0 Å². The predicted molar refractivity (Wildman–Crippen MR) is 51.3 cm³/mol. The highest BCUT2D eigenvalue weighted by molar-refractivity contribution is 5.28. The van der Waals surface area contributed by atoms with Crippen molar-refractivity contribution in [3.8, 4) is 5.75 Å². The molecule has 65 valence electrons. The van der Waals surface area contributed by atoms with E-state index in [2.05, 4.69) is 26.0 Å². The third kappa shape index (κ3) is 2.57. The molecule has 0 amide bonds. The third-order valence-electron chi connectivity index (χ3n) is 1.64. The van der Waals surface area contributed by atoms with Crippen molar-refractivity contribution in [1.29, 1.82) is 0 Å². The van der Waals surface area contributed by atoms with E-state index in [1.54, 1.807) is 0 Å². The molecule has 0 saturated heterocycles. The Labute approximate surface area is 74.4 Å². The van der Waals surface area contributed by atoms with Gasteiger partial charge in [-0.25, -0.2) is 0 Å². The van der Waals surface area contributed by atoms with Gasteiger partial charge in [-0.1, -0.05) is 19.1 Å². The van der Waals surface area contributed by atoms with Crippen molar-refractivity contribution in [3.63, 3.8) is 0 Å². The van der Waals surface area contributed by atoms with Crippen molar-refractivity contribution < 1.29 is 4.74 Å². The molecule has 0 saturated carbocycles. The molecule has 1 rings (SSSR count). The van der Waals surface area contributed by atoms with Gasteiger partial charge in [0.05, 0.1) is 6.10 Å². The van der Waals surface area contributed by atoms with Crippen LogP contribution in [0.4, 0.5) is 0 Å². The Bertz CT molecular complexity index is 241. The van der Waals surface area contributed by atoms with Crippen molar-refractivity contribution >= 4 is 0 Å². The number of rotatable bonds is 3. The maximum Gasteiger partial charge on any atom is 0.119 e. The standard InChI is InChI=1S/C11H15O/c1-4-10-6-5-7-11(8-10)12-9(2)3/h5-9H,2,4H2,1,3H3. The highest BCUT2D eigenvalue weighted by atomic mass is 16.5. The van der Waals surface area contributed by atoms with E-state index in [4.69, 9.17) is 4.74 Å². The Morgan fingerprint density at radius 2 is 2.25 bits per heavy atom. The first-order valence-electron chi connectivity index (χ1n) is 4.31. The van der Waals surface area contributed by atoms with Crippen LogP contribution in [-0.4, -0.2) is 6.10 Å². The quantitative estimate of drug-likeness (QED) is 0.665. The number of ether oxygens (including phenoxy) is 1. The summed E-state index contributed by atoms with van der Waals surface area (Å²) in [6.07, 6.45) is 1.06. The van der Waals surface area contributed by atoms with Gasteiger partial charge in [0.15, 0.2) is 0 Å². The molecule has 0 bridgehead atoms. The van der Waals surface area contributed by atoms with Crippen LogP contribution in [0.2, 0.25) is 0 Å². The average Bonchev–Trinajstić information content (AvgIpc) is 2.03. The van der Waals surface area contributed by atoms with Crippen LogP contribution in [0.3, 0.4) is 0 Å². The molecule has 1 aromatic rings. The minimum absolute atomic E-state index is 0.0112. The zero-order valence-corrected chi connectivity index (χ0v) is 7.71. The van der Waals surface area contributed by atoms with Crippen molar-refractivity contribution in [2.24, 2.45) is 0 Å². The molecule has 0 aromatic heterocycles. The molecule has 0 spiro atoms. The first-order chi connectivity index (χ1) is 5.72. The number of aryl methyl sites for hydroxylation is 1. The maximum atomic E-state index is 5.45. The molecule has 0 aliphatic carbocycles. The van der Waals surface area contributed by atoms with E-state index in [9.17, 15) is 0 Å². The molecule has 0 N–H and O–H groups in total. The molecular weight excluding hydrogens is 148 g/mol. The second-order valence-corrected chi connectivity index (χ2v) is 2.93. The summed E-state index contributed by atoms with van der Waals surface area (Å²) in [5.41, 5.74) is 1.30. The molecule has 1 heteroatoms. The van der Waals surface area contributed by atoms with Gasteiger partial charge in [-0.05, 0) is 38.0 Å². The van der Waals surface area contributed by atoms with Crippen molar-refractivity contribution in [2.45, 2.75) is 26.4 Å². The van der Waals surface area contributed by atoms with E-state index in [0.717, 1.165) is 12.2 Å². The fourth-order valence-electron chi connectivity index (χ4n) is 1.07. The highest BCUT2D eigenvalue weighted by Gasteiger charge is 1.97. The lowest BCUT2D eigenvalue weighted by atomic mass is 10.2. The molecule has 12 heavy (non-hydrogen) atoms. The molecule has 1 nitrogen and oxygen atoms in total. The van der Waals surface area contributed by atoms with Crippen molar-refractivity contribution in [3.05, 3.63) is 36.8 Å². The van der Waals surface area contributed by atoms with Crippen LogP contribution < -0.4 is 4.74 Å². The summed E-state index contributed by atoms with van der Waals surface area (Å²) >= 11 is 0. The summed E-state index contributed by atoms with van der Waals surface area (Å²) in [7, 11) is 0. The maximum absolute atomic E-state index is 5.45. The average molecular weight is 163 g/mol. The minimum atomic E-state index is 0.0112. The molecule has 0 heterocycles. The monoisotopic (exact) mass is 163 g/mol. The van der Waals surface area contributed by atoms with Gasteiger partial charge in [-0.15, -0.1) is 0 Å². The number of benzene rings is 1. The highest BCUT2D eigenvalue weighted by Crippen LogP contribution is 2.14. The number of hydrogen-bond donors (Lipinski definition) is 0. The van der Waals surface area contributed by atoms with Gasteiger partial charge in [0.2, 0.25) is 0 Å². The summed E-state index contributed by atoms with van der Waals surface area (Å²) in [5, 5.41) is 0. The van der Waals surface area contributed by atoms with Crippen LogP contribution in [-0.2, 0) is 6.42 Å². The molecule has 0 aliphatic rings. The first-order valence-corrected chi connectivity index (χ1v) is 4.31. The number of hydrogen-bond acceptors (Lipinski definition) is 1. The van der Waals surface area contributed by atoms with Crippen LogP contribution in [0.1, 0.15) is 19.4 Å². The van der Waals surface area contributed by atoms with Gasteiger partial charge < -0.3 is 4.74 Å². The van der Waals surface area contributed by atoms with Crippen LogP contribution in [0.5, 0.6) is 5.75 Å². The van der Waals surface area contributed by atoms with Crippen LogP contribution in [0.25, 0.3) is 0 Å². The molecule has 1 radical (unpaired) electrons. The Hall–Kier alpha value is -0.980. The van der Waals surface area contributed by atoms with E-state index in [0.29, 0.717) is 0 Å². The van der Waals surface area contributed by atoms with Gasteiger partial charge >= 0.3 is 0 Å². The second kappa shape index (κ2) is 4.15. The molecule has 0 aliphatic heterocycles. The largest absolute Gasteiger partial charge is 0.491 e. The van der Waals surface area contributed by atoms with Crippen LogP contribution in [0.15, 0.2) is 24.3 Å². The van der Waals surface area contributed by atoms with Crippen molar-refractivity contribution in [1.82, 2.24) is 0 Å². The van der Waals surface area contributed by atoms with Crippen LogP contribution >= 0.6 is 0 Å². The Morgan fingerprint density at radius 3 is 2.83 bits per heavy atom. The molecule has 0 fully saturated rings. The first kappa shape index (κ1) is 9.11. The summed E-state index contributed by atoms with van der Waals surface area (Å²) in [5.74, 6) is 0.914. The van der Waals surface area contributed by atoms with E-state index >= 15 is 0 Å². The van der Waals surface area contributed by atoms with Gasteiger partial charge in [-0.3, -0.25) is 0 Å². The van der Waals surface area contributed by atoms with Gasteiger partial charge in [-0.2, -0.15) is 0 Å². The predicted octanol–water partition coefficient (Wildman–Crippen LogP) is 2.85. The van der Waals surface area contributed by atoms with E-state index in [-0.39, 0.29) is 6.10 Å². The Kier molecular flexibility index (Phi) is 3.15. The van der Waals surface area contributed by atoms with Gasteiger partial charge in [0, 0.05) is 0 Å². The lowest BCUT2D eigenvalue weighted by molar-refractivity contribution is 0.267.